The van der Waals surface area contributed by atoms with E-state index in [0.717, 1.165) is 11.1 Å². The average Bonchev–Trinajstić information content (AvgIpc) is 2.30. The molecule has 0 aliphatic carbocycles. The topological polar surface area (TPSA) is 54.5 Å². The van der Waals surface area contributed by atoms with Crippen molar-refractivity contribution in [1.29, 1.82) is 0 Å². The van der Waals surface area contributed by atoms with Crippen molar-refractivity contribution in [3.05, 3.63) is 33.8 Å². The molecule has 0 atom stereocenters. The van der Waals surface area contributed by atoms with Gasteiger partial charge in [0.05, 0.1) is 16.3 Å². The second kappa shape index (κ2) is 6.59. The molecular weight excluding hydrogens is 322 g/mol. The van der Waals surface area contributed by atoms with Gasteiger partial charge in [-0.05, 0) is 57.9 Å². The number of hydrogen-bond donors (Lipinski definition) is 0. The van der Waals surface area contributed by atoms with Gasteiger partial charge in [0.15, 0.2) is 0 Å². The summed E-state index contributed by atoms with van der Waals surface area (Å²) in [5, 5.41) is 0.390. The molecule has 1 rings (SSSR count). The minimum absolute atomic E-state index is 0.0710. The van der Waals surface area contributed by atoms with Gasteiger partial charge in [-0.15, -0.1) is 0 Å². The summed E-state index contributed by atoms with van der Waals surface area (Å²) in [4.78, 5) is 14.4. The van der Waals surface area contributed by atoms with Gasteiger partial charge >= 0.3 is 0 Å². The predicted molar refractivity (Wildman–Crippen MR) is 91.4 cm³/mol. The Bertz CT molecular complexity index is 675. The van der Waals surface area contributed by atoms with Gasteiger partial charge in [0.1, 0.15) is 9.84 Å². The second-order valence-corrected chi connectivity index (χ2v) is 9.34. The lowest BCUT2D eigenvalue weighted by Crippen LogP contribution is -2.47. The van der Waals surface area contributed by atoms with E-state index >= 15 is 0 Å². The first kappa shape index (κ1) is 19.0. The van der Waals surface area contributed by atoms with Crippen LogP contribution < -0.4 is 0 Å². The maximum atomic E-state index is 12.8. The van der Waals surface area contributed by atoms with E-state index in [1.807, 2.05) is 34.6 Å². The summed E-state index contributed by atoms with van der Waals surface area (Å²) >= 11 is 6.21. The van der Waals surface area contributed by atoms with E-state index in [1.165, 1.54) is 6.26 Å². The van der Waals surface area contributed by atoms with Gasteiger partial charge in [-0.2, -0.15) is 0 Å². The lowest BCUT2D eigenvalue weighted by atomic mass is 10.0. The van der Waals surface area contributed by atoms with Crippen molar-refractivity contribution in [3.63, 3.8) is 0 Å². The molecule has 4 nitrogen and oxygen atoms in total. The molecule has 0 aromatic heterocycles. The summed E-state index contributed by atoms with van der Waals surface area (Å²) in [7, 11) is -3.15. The molecule has 6 heteroatoms. The van der Waals surface area contributed by atoms with Crippen LogP contribution in [-0.4, -0.2) is 43.3 Å². The molecule has 0 saturated heterocycles. The molecule has 0 saturated carbocycles. The van der Waals surface area contributed by atoms with Crippen molar-refractivity contribution in [3.8, 4) is 0 Å². The largest absolute Gasteiger partial charge is 0.333 e. The van der Waals surface area contributed by atoms with Crippen LogP contribution in [0, 0.1) is 13.8 Å². The Labute approximate surface area is 138 Å². The van der Waals surface area contributed by atoms with Crippen molar-refractivity contribution >= 4 is 27.3 Å². The van der Waals surface area contributed by atoms with E-state index in [4.69, 9.17) is 11.6 Å². The second-order valence-electron chi connectivity index (χ2n) is 6.67. The van der Waals surface area contributed by atoms with Crippen LogP contribution in [0.3, 0.4) is 0 Å². The van der Waals surface area contributed by atoms with E-state index < -0.39 is 15.4 Å². The smallest absolute Gasteiger partial charge is 0.255 e. The van der Waals surface area contributed by atoms with E-state index in [2.05, 4.69) is 0 Å². The zero-order chi connectivity index (χ0) is 17.3. The van der Waals surface area contributed by atoms with Crippen molar-refractivity contribution in [2.75, 3.05) is 18.6 Å². The lowest BCUT2D eigenvalue weighted by Gasteiger charge is -2.36. The zero-order valence-electron chi connectivity index (χ0n) is 14.0. The Morgan fingerprint density at radius 2 is 1.68 bits per heavy atom. The van der Waals surface area contributed by atoms with Crippen LogP contribution >= 0.6 is 11.6 Å². The Balaban J connectivity index is 3.21. The van der Waals surface area contributed by atoms with Gasteiger partial charge in [-0.1, -0.05) is 11.6 Å². The molecule has 0 bridgehead atoms. The first-order chi connectivity index (χ1) is 9.83. The highest BCUT2D eigenvalue weighted by Crippen LogP contribution is 2.25. The predicted octanol–water partition coefficient (Wildman–Crippen LogP) is 3.24. The molecule has 1 amide bonds. The van der Waals surface area contributed by atoms with Crippen molar-refractivity contribution < 1.29 is 13.2 Å². The van der Waals surface area contributed by atoms with E-state index in [-0.39, 0.29) is 18.2 Å². The molecule has 22 heavy (non-hydrogen) atoms. The number of sulfone groups is 1. The molecule has 0 radical (unpaired) electrons. The van der Waals surface area contributed by atoms with Gasteiger partial charge in [0.25, 0.3) is 5.91 Å². The maximum Gasteiger partial charge on any atom is 0.255 e. The van der Waals surface area contributed by atoms with Gasteiger partial charge in [-0.3, -0.25) is 4.79 Å². The summed E-state index contributed by atoms with van der Waals surface area (Å²) < 4.78 is 22.8. The molecule has 1 aromatic carbocycles. The molecule has 0 aliphatic rings. The Morgan fingerprint density at radius 3 is 2.14 bits per heavy atom. The summed E-state index contributed by atoms with van der Waals surface area (Å²) in [6.07, 6.45) is 1.17. The number of carbonyl (C=O) groups excluding carboxylic acids is 1. The van der Waals surface area contributed by atoms with E-state index in [0.29, 0.717) is 10.6 Å². The van der Waals surface area contributed by atoms with Crippen molar-refractivity contribution in [2.24, 2.45) is 0 Å². The highest BCUT2D eigenvalue weighted by molar-refractivity contribution is 7.90. The number of nitrogens with zero attached hydrogens (tertiary/aromatic N) is 1. The monoisotopic (exact) mass is 345 g/mol. The molecule has 0 fully saturated rings. The number of benzene rings is 1. The van der Waals surface area contributed by atoms with Crippen LogP contribution in [0.1, 0.15) is 42.3 Å². The van der Waals surface area contributed by atoms with Crippen LogP contribution in [0.5, 0.6) is 0 Å². The lowest BCUT2D eigenvalue weighted by molar-refractivity contribution is 0.0601. The standard InChI is InChI=1S/C16H24ClNO3S/c1-11-9-13(14(17)10-12(11)2)15(19)18(16(3,4)5)7-8-22(6,20)21/h9-10H,7-8H2,1-6H3. The third-order valence-corrected chi connectivity index (χ3v) is 4.79. The first-order valence-corrected chi connectivity index (χ1v) is 9.53. The van der Waals surface area contributed by atoms with Crippen LogP contribution in [-0.2, 0) is 9.84 Å². The average molecular weight is 346 g/mol. The normalized spacial score (nSPS) is 12.3. The minimum atomic E-state index is -3.15. The molecule has 0 aliphatic heterocycles. The summed E-state index contributed by atoms with van der Waals surface area (Å²) in [5.41, 5.74) is 1.90. The fourth-order valence-electron chi connectivity index (χ4n) is 2.09. The molecular formula is C16H24ClNO3S. The first-order valence-electron chi connectivity index (χ1n) is 7.09. The molecule has 1 aromatic rings. The third kappa shape index (κ3) is 4.99. The molecule has 0 heterocycles. The van der Waals surface area contributed by atoms with Gasteiger partial charge in [0.2, 0.25) is 0 Å². The number of hydrogen-bond acceptors (Lipinski definition) is 3. The summed E-state index contributed by atoms with van der Waals surface area (Å²) in [6.45, 7) is 9.62. The molecule has 124 valence electrons. The van der Waals surface area contributed by atoms with Gasteiger partial charge < -0.3 is 4.90 Å². The minimum Gasteiger partial charge on any atom is -0.333 e. The third-order valence-electron chi connectivity index (χ3n) is 3.55. The summed E-state index contributed by atoms with van der Waals surface area (Å²) in [5.74, 6) is -0.317. The molecule has 0 N–H and O–H groups in total. The van der Waals surface area contributed by atoms with Crippen LogP contribution in [0.15, 0.2) is 12.1 Å². The Hall–Kier alpha value is -1.07. The van der Waals surface area contributed by atoms with Gasteiger partial charge in [-0.25, -0.2) is 8.42 Å². The number of carbonyl (C=O) groups is 1. The van der Waals surface area contributed by atoms with Crippen molar-refractivity contribution in [1.82, 2.24) is 4.90 Å². The Morgan fingerprint density at radius 1 is 1.18 bits per heavy atom. The number of rotatable bonds is 4. The van der Waals surface area contributed by atoms with E-state index in [1.54, 1.807) is 17.0 Å². The van der Waals surface area contributed by atoms with Crippen LogP contribution in [0.25, 0.3) is 0 Å². The van der Waals surface area contributed by atoms with Crippen LogP contribution in [0.2, 0.25) is 5.02 Å². The fourth-order valence-corrected chi connectivity index (χ4v) is 2.90. The highest BCUT2D eigenvalue weighted by atomic mass is 35.5. The number of halogens is 1. The summed E-state index contributed by atoms with van der Waals surface area (Å²) in [6, 6.07) is 3.53. The number of aryl methyl sites for hydroxylation is 2. The zero-order valence-corrected chi connectivity index (χ0v) is 15.6. The number of amides is 1. The highest BCUT2D eigenvalue weighted by Gasteiger charge is 2.29. The Kier molecular flexibility index (Phi) is 5.68. The van der Waals surface area contributed by atoms with Crippen LogP contribution in [0.4, 0.5) is 0 Å². The van der Waals surface area contributed by atoms with E-state index in [9.17, 15) is 13.2 Å². The SMILES string of the molecule is Cc1cc(Cl)c(C(=O)N(CCS(C)(=O)=O)C(C)(C)C)cc1C. The molecule has 0 unspecified atom stereocenters. The van der Waals surface area contributed by atoms with Crippen molar-refractivity contribution in [2.45, 2.75) is 40.2 Å². The molecule has 0 spiro atoms. The van der Waals surface area contributed by atoms with Gasteiger partial charge in [0, 0.05) is 18.3 Å². The maximum absolute atomic E-state index is 12.8. The fraction of sp³-hybridized carbons (Fsp3) is 0.562. The quantitative estimate of drug-likeness (QED) is 0.841.